The molecule has 0 radical (unpaired) electrons. The molecular weight excluding hydrogens is 222 g/mol. The van der Waals surface area contributed by atoms with Crippen LogP contribution in [0.1, 0.15) is 59.3 Å². The highest BCUT2D eigenvalue weighted by Gasteiger charge is 2.55. The Bertz CT molecular complexity index is 277. The Balaban J connectivity index is 1.74. The van der Waals surface area contributed by atoms with Gasteiger partial charge >= 0.3 is 0 Å². The zero-order valence-corrected chi connectivity index (χ0v) is 12.2. The van der Waals surface area contributed by atoms with E-state index in [1.807, 2.05) is 0 Å². The van der Waals surface area contributed by atoms with E-state index in [1.54, 1.807) is 0 Å². The van der Waals surface area contributed by atoms with Gasteiger partial charge in [-0.3, -0.25) is 0 Å². The first-order valence-corrected chi connectivity index (χ1v) is 8.01. The Morgan fingerprint density at radius 1 is 0.944 bits per heavy atom. The lowest BCUT2D eigenvalue weighted by atomic mass is 9.47. The largest absolute Gasteiger partial charge is 0.386 e. The van der Waals surface area contributed by atoms with Crippen molar-refractivity contribution in [2.45, 2.75) is 77.5 Å². The fraction of sp³-hybridized carbons (Fsp3) is 1.00. The zero-order chi connectivity index (χ0) is 12.9. The molecule has 0 aromatic carbocycles. The number of quaternary nitrogens is 1. The van der Waals surface area contributed by atoms with Crippen LogP contribution < -0.4 is 5.32 Å². The van der Waals surface area contributed by atoms with Crippen LogP contribution in [0, 0.1) is 23.2 Å². The molecule has 4 bridgehead atoms. The van der Waals surface area contributed by atoms with Crippen LogP contribution >= 0.6 is 0 Å². The molecule has 104 valence electrons. The van der Waals surface area contributed by atoms with Gasteiger partial charge in [0.15, 0.2) is 0 Å². The molecule has 2 nitrogen and oxygen atoms in total. The number of nitrogens with two attached hydrogens (primary N) is 1. The molecule has 0 saturated heterocycles. The summed E-state index contributed by atoms with van der Waals surface area (Å²) in [6, 6.07) is 0.949. The highest BCUT2D eigenvalue weighted by Crippen LogP contribution is 2.61. The average molecular weight is 252 g/mol. The van der Waals surface area contributed by atoms with Crippen molar-refractivity contribution in [2.24, 2.45) is 23.2 Å². The molecule has 2 atom stereocenters. The van der Waals surface area contributed by atoms with Crippen LogP contribution in [0.3, 0.4) is 0 Å². The topological polar surface area (TPSA) is 36.8 Å². The van der Waals surface area contributed by atoms with Gasteiger partial charge in [-0.2, -0.15) is 0 Å². The van der Waals surface area contributed by atoms with E-state index in [1.165, 1.54) is 38.5 Å². The van der Waals surface area contributed by atoms with E-state index < -0.39 is 0 Å². The summed E-state index contributed by atoms with van der Waals surface area (Å²) in [7, 11) is 0. The van der Waals surface area contributed by atoms with Crippen molar-refractivity contribution in [2.75, 3.05) is 0 Å². The van der Waals surface area contributed by atoms with Gasteiger partial charge < -0.3 is 10.4 Å². The molecule has 0 aromatic rings. The van der Waals surface area contributed by atoms with E-state index >= 15 is 0 Å². The van der Waals surface area contributed by atoms with Crippen molar-refractivity contribution >= 4 is 0 Å². The van der Waals surface area contributed by atoms with Crippen LogP contribution in [0.5, 0.6) is 0 Å². The molecule has 18 heavy (non-hydrogen) atoms. The van der Waals surface area contributed by atoms with Gasteiger partial charge in [-0.15, -0.1) is 0 Å². The van der Waals surface area contributed by atoms with Crippen molar-refractivity contribution in [3.63, 3.8) is 0 Å². The lowest BCUT2D eigenvalue weighted by Crippen LogP contribution is -2.96. The summed E-state index contributed by atoms with van der Waals surface area (Å²) in [5, 5.41) is 13.3. The van der Waals surface area contributed by atoms with E-state index in [2.05, 4.69) is 26.1 Å². The lowest BCUT2D eigenvalue weighted by molar-refractivity contribution is -0.721. The van der Waals surface area contributed by atoms with Gasteiger partial charge in [0, 0.05) is 5.41 Å². The molecule has 4 aliphatic carbocycles. The second-order valence-corrected chi connectivity index (χ2v) is 8.02. The zero-order valence-electron chi connectivity index (χ0n) is 12.2. The first kappa shape index (κ1) is 12.9. The first-order valence-electron chi connectivity index (χ1n) is 8.01. The molecule has 4 fully saturated rings. The highest BCUT2D eigenvalue weighted by molar-refractivity contribution is 5.05. The van der Waals surface area contributed by atoms with Crippen LogP contribution in [0.2, 0.25) is 0 Å². The van der Waals surface area contributed by atoms with Gasteiger partial charge in [-0.1, -0.05) is 0 Å². The first-order chi connectivity index (χ1) is 8.48. The van der Waals surface area contributed by atoms with Crippen molar-refractivity contribution < 1.29 is 10.4 Å². The number of aliphatic hydroxyl groups excluding tert-OH is 1. The second kappa shape index (κ2) is 4.49. The molecule has 4 saturated carbocycles. The minimum Gasteiger partial charge on any atom is -0.386 e. The minimum atomic E-state index is -0.0895. The lowest BCUT2D eigenvalue weighted by Gasteiger charge is -2.58. The van der Waals surface area contributed by atoms with Gasteiger partial charge in [0.05, 0.1) is 6.04 Å². The van der Waals surface area contributed by atoms with E-state index in [-0.39, 0.29) is 6.10 Å². The number of aliphatic hydroxyl groups is 1. The van der Waals surface area contributed by atoms with Gasteiger partial charge in [0.2, 0.25) is 0 Å². The van der Waals surface area contributed by atoms with Crippen LogP contribution in [-0.2, 0) is 0 Å². The van der Waals surface area contributed by atoms with E-state index in [9.17, 15) is 5.11 Å². The molecule has 0 amide bonds. The number of rotatable bonds is 4. The maximum atomic E-state index is 10.9. The minimum absolute atomic E-state index is 0.0895. The summed E-state index contributed by atoms with van der Waals surface area (Å²) in [5.74, 6) is 2.83. The second-order valence-electron chi connectivity index (χ2n) is 8.02. The Labute approximate surface area is 112 Å². The van der Waals surface area contributed by atoms with Gasteiger partial charge in [0.25, 0.3) is 0 Å². The van der Waals surface area contributed by atoms with Crippen LogP contribution in [-0.4, -0.2) is 23.3 Å². The maximum Gasteiger partial charge on any atom is 0.111 e. The smallest absolute Gasteiger partial charge is 0.111 e. The molecule has 4 aliphatic rings. The number of hydrogen-bond acceptors (Lipinski definition) is 1. The highest BCUT2D eigenvalue weighted by atomic mass is 16.3. The van der Waals surface area contributed by atoms with Gasteiger partial charge in [0.1, 0.15) is 12.1 Å². The monoisotopic (exact) mass is 252 g/mol. The molecule has 0 unspecified atom stereocenters. The van der Waals surface area contributed by atoms with Crippen molar-refractivity contribution in [3.05, 3.63) is 0 Å². The molecule has 4 rings (SSSR count). The third-order valence-electron chi connectivity index (χ3n) is 5.90. The Kier molecular flexibility index (Phi) is 3.22. The quantitative estimate of drug-likeness (QED) is 0.788. The molecule has 0 heterocycles. The predicted molar refractivity (Wildman–Crippen MR) is 73.1 cm³/mol. The van der Waals surface area contributed by atoms with Gasteiger partial charge in [-0.25, -0.2) is 0 Å². The molecule has 3 N–H and O–H groups in total. The van der Waals surface area contributed by atoms with E-state index in [4.69, 9.17) is 0 Å². The maximum absolute atomic E-state index is 10.9. The Morgan fingerprint density at radius 3 is 1.78 bits per heavy atom. The fourth-order valence-electron chi connectivity index (χ4n) is 5.81. The van der Waals surface area contributed by atoms with E-state index in [0.29, 0.717) is 17.5 Å². The third-order valence-corrected chi connectivity index (χ3v) is 5.90. The number of hydrogen-bond donors (Lipinski definition) is 2. The average Bonchev–Trinajstić information content (AvgIpc) is 2.25. The molecule has 2 heteroatoms. The summed E-state index contributed by atoms with van der Waals surface area (Å²) in [6.45, 7) is 6.68. The molecular formula is C16H30NO+. The third kappa shape index (κ3) is 2.12. The molecule has 0 aliphatic heterocycles. The standard InChI is InChI=1S/C16H29NO/c1-10(2)17-11(3)15(18)16-7-12-4-13(8-16)6-14(5-12)9-16/h10-15,17-18H,4-9H2,1-3H3/p+1/t11-,12?,13?,14?,15+,16?/m1/s1. The summed E-state index contributed by atoms with van der Waals surface area (Å²) >= 11 is 0. The van der Waals surface area contributed by atoms with Crippen molar-refractivity contribution in [1.29, 1.82) is 0 Å². The summed E-state index contributed by atoms with van der Waals surface area (Å²) in [5.41, 5.74) is 0.291. The summed E-state index contributed by atoms with van der Waals surface area (Å²) in [4.78, 5) is 0. The van der Waals surface area contributed by atoms with Crippen molar-refractivity contribution in [3.8, 4) is 0 Å². The molecule has 0 spiro atoms. The van der Waals surface area contributed by atoms with Gasteiger partial charge in [-0.05, 0) is 77.0 Å². The Morgan fingerprint density at radius 2 is 1.39 bits per heavy atom. The van der Waals surface area contributed by atoms with Crippen molar-refractivity contribution in [1.82, 2.24) is 0 Å². The predicted octanol–water partition coefficient (Wildman–Crippen LogP) is 1.92. The summed E-state index contributed by atoms with van der Waals surface area (Å²) in [6.07, 6.45) is 8.26. The van der Waals surface area contributed by atoms with E-state index in [0.717, 1.165) is 17.8 Å². The SMILES string of the molecule is CC(C)[NH2+][C@H](C)[C@H](O)C12CC3CC(CC(C3)C1)C2. The summed E-state index contributed by atoms with van der Waals surface area (Å²) < 4.78 is 0. The normalized spacial score (nSPS) is 45.5. The molecule has 0 aromatic heterocycles. The fourth-order valence-corrected chi connectivity index (χ4v) is 5.81. The van der Waals surface area contributed by atoms with Crippen LogP contribution in [0.15, 0.2) is 0 Å². The van der Waals surface area contributed by atoms with Crippen LogP contribution in [0.25, 0.3) is 0 Å². The van der Waals surface area contributed by atoms with Crippen LogP contribution in [0.4, 0.5) is 0 Å². The Hall–Kier alpha value is -0.0800.